The maximum Gasteiger partial charge on any atom is 0.252 e. The lowest BCUT2D eigenvalue weighted by Gasteiger charge is -2.26. The molecule has 0 aromatic heterocycles. The van der Waals surface area contributed by atoms with Crippen molar-refractivity contribution in [2.45, 2.75) is 17.8 Å². The van der Waals surface area contributed by atoms with Gasteiger partial charge in [-0.3, -0.25) is 9.59 Å². The van der Waals surface area contributed by atoms with E-state index < -0.39 is 29.6 Å². The second-order valence-corrected chi connectivity index (χ2v) is 7.41. The van der Waals surface area contributed by atoms with Crippen molar-refractivity contribution in [1.29, 1.82) is 0 Å². The van der Waals surface area contributed by atoms with Crippen molar-refractivity contribution >= 4 is 23.4 Å². The van der Waals surface area contributed by atoms with Crippen molar-refractivity contribution in [1.82, 2.24) is 10.6 Å². The quantitative estimate of drug-likeness (QED) is 0.516. The van der Waals surface area contributed by atoms with Crippen LogP contribution in [0, 0.1) is 0 Å². The van der Waals surface area contributed by atoms with Crippen molar-refractivity contribution in [2.75, 3.05) is 26.8 Å². The summed E-state index contributed by atoms with van der Waals surface area (Å²) in [6.07, 6.45) is -2.14. The number of aliphatic hydroxyl groups excluding tert-OH is 1. The third kappa shape index (κ3) is 4.91. The molecule has 0 unspecified atom stereocenters. The van der Waals surface area contributed by atoms with Crippen LogP contribution in [0.2, 0.25) is 5.02 Å². The van der Waals surface area contributed by atoms with E-state index in [1.165, 1.54) is 7.11 Å². The van der Waals surface area contributed by atoms with Crippen LogP contribution in [0.25, 0.3) is 0 Å². The minimum absolute atomic E-state index is 0.0278. The monoisotopic (exact) mass is 434 g/mol. The normalized spacial score (nSPS) is 23.1. The highest BCUT2D eigenvalue weighted by atomic mass is 35.5. The molecule has 160 valence electrons. The summed E-state index contributed by atoms with van der Waals surface area (Å²) in [5.74, 6) is -0.208. The molecular formula is C21H23ClN2O6. The van der Waals surface area contributed by atoms with Crippen LogP contribution in [-0.2, 0) is 4.74 Å². The van der Waals surface area contributed by atoms with Gasteiger partial charge in [0.2, 0.25) is 0 Å². The van der Waals surface area contributed by atoms with E-state index >= 15 is 0 Å². The van der Waals surface area contributed by atoms with E-state index in [-0.39, 0.29) is 19.7 Å². The van der Waals surface area contributed by atoms with Gasteiger partial charge in [0.1, 0.15) is 23.6 Å². The molecule has 3 atom stereocenters. The molecule has 2 aromatic rings. The number of rotatable bonds is 7. The number of hydrogen-bond donors (Lipinski definition) is 4. The van der Waals surface area contributed by atoms with E-state index in [2.05, 4.69) is 10.6 Å². The third-order valence-corrected chi connectivity index (χ3v) is 5.27. The van der Waals surface area contributed by atoms with E-state index in [9.17, 15) is 19.8 Å². The van der Waals surface area contributed by atoms with Crippen molar-refractivity contribution in [2.24, 2.45) is 0 Å². The summed E-state index contributed by atoms with van der Waals surface area (Å²) in [5, 5.41) is 26.7. The highest BCUT2D eigenvalue weighted by Gasteiger charge is 2.48. The molecule has 2 aromatic carbocycles. The zero-order valence-corrected chi connectivity index (χ0v) is 17.1. The molecule has 8 nitrogen and oxygen atoms in total. The summed E-state index contributed by atoms with van der Waals surface area (Å²) in [4.78, 5) is 24.5. The van der Waals surface area contributed by atoms with Crippen LogP contribution in [0.3, 0.4) is 0 Å². The van der Waals surface area contributed by atoms with Gasteiger partial charge in [-0.2, -0.15) is 0 Å². The largest absolute Gasteiger partial charge is 0.497 e. The molecule has 2 amide bonds. The Morgan fingerprint density at radius 2 is 1.87 bits per heavy atom. The minimum atomic E-state index is -1.68. The Morgan fingerprint density at radius 3 is 2.53 bits per heavy atom. The summed E-state index contributed by atoms with van der Waals surface area (Å²) in [6.45, 7) is -0.433. The average Bonchev–Trinajstić information content (AvgIpc) is 3.05. The van der Waals surface area contributed by atoms with Crippen LogP contribution in [0.1, 0.15) is 20.7 Å². The van der Waals surface area contributed by atoms with Gasteiger partial charge in [0.25, 0.3) is 11.8 Å². The highest BCUT2D eigenvalue weighted by molar-refractivity contribution is 6.33. The Labute approximate surface area is 178 Å². The lowest BCUT2D eigenvalue weighted by Crippen LogP contribution is -2.53. The highest BCUT2D eigenvalue weighted by Crippen LogP contribution is 2.24. The van der Waals surface area contributed by atoms with E-state index in [1.54, 1.807) is 48.5 Å². The van der Waals surface area contributed by atoms with Gasteiger partial charge in [0, 0.05) is 12.1 Å². The third-order valence-electron chi connectivity index (χ3n) is 4.94. The molecule has 4 N–H and O–H groups in total. The SMILES string of the molecule is COc1ccc(C(=O)NC[C@]2(O)CO[C@H](CNC(=O)c3ccccc3Cl)[C@H]2O)cc1. The van der Waals surface area contributed by atoms with Crippen molar-refractivity contribution in [3.8, 4) is 5.75 Å². The van der Waals surface area contributed by atoms with Gasteiger partial charge >= 0.3 is 0 Å². The molecule has 0 radical (unpaired) electrons. The topological polar surface area (TPSA) is 117 Å². The standard InChI is InChI=1S/C21H23ClN2O6/c1-29-14-8-6-13(7-9-14)19(26)24-11-21(28)12-30-17(18(21)25)10-23-20(27)15-4-2-3-5-16(15)22/h2-9,17-18,25,28H,10-12H2,1H3,(H,23,27)(H,24,26)/t17-,18-,21+/m1/s1. The fourth-order valence-electron chi connectivity index (χ4n) is 3.11. The average molecular weight is 435 g/mol. The number of nitrogens with one attached hydrogen (secondary N) is 2. The smallest absolute Gasteiger partial charge is 0.252 e. The van der Waals surface area contributed by atoms with Crippen molar-refractivity contribution in [3.63, 3.8) is 0 Å². The van der Waals surface area contributed by atoms with E-state index in [0.29, 0.717) is 21.9 Å². The summed E-state index contributed by atoms with van der Waals surface area (Å²) in [6, 6.07) is 13.1. The van der Waals surface area contributed by atoms with Gasteiger partial charge in [0.15, 0.2) is 0 Å². The predicted octanol–water partition coefficient (Wildman–Crippen LogP) is 0.999. The maximum absolute atomic E-state index is 12.3. The van der Waals surface area contributed by atoms with Crippen LogP contribution < -0.4 is 15.4 Å². The molecule has 1 aliphatic rings. The number of carbonyl (C=O) groups excluding carboxylic acids is 2. The number of amides is 2. The molecule has 1 aliphatic heterocycles. The zero-order valence-electron chi connectivity index (χ0n) is 16.3. The van der Waals surface area contributed by atoms with Gasteiger partial charge in [-0.25, -0.2) is 0 Å². The molecular weight excluding hydrogens is 412 g/mol. The van der Waals surface area contributed by atoms with Crippen LogP contribution in [0.5, 0.6) is 5.75 Å². The number of benzene rings is 2. The molecule has 1 fully saturated rings. The summed E-state index contributed by atoms with van der Waals surface area (Å²) >= 11 is 6.00. The minimum Gasteiger partial charge on any atom is -0.497 e. The predicted molar refractivity (Wildman–Crippen MR) is 110 cm³/mol. The number of carbonyl (C=O) groups is 2. The molecule has 1 saturated heterocycles. The Hall–Kier alpha value is -2.65. The first-order valence-electron chi connectivity index (χ1n) is 9.31. The Bertz CT molecular complexity index is 907. The van der Waals surface area contributed by atoms with Gasteiger partial charge < -0.3 is 30.3 Å². The summed E-state index contributed by atoms with van der Waals surface area (Å²) < 4.78 is 10.5. The second-order valence-electron chi connectivity index (χ2n) is 7.00. The van der Waals surface area contributed by atoms with Gasteiger partial charge in [-0.05, 0) is 36.4 Å². The van der Waals surface area contributed by atoms with Crippen LogP contribution in [0.4, 0.5) is 0 Å². The number of hydrogen-bond acceptors (Lipinski definition) is 6. The number of methoxy groups -OCH3 is 1. The summed E-state index contributed by atoms with van der Waals surface area (Å²) in [7, 11) is 1.53. The molecule has 0 spiro atoms. The zero-order chi connectivity index (χ0) is 21.7. The van der Waals surface area contributed by atoms with Crippen LogP contribution in [-0.4, -0.2) is 66.6 Å². The Morgan fingerprint density at radius 1 is 1.17 bits per heavy atom. The van der Waals surface area contributed by atoms with E-state index in [0.717, 1.165) is 0 Å². The van der Waals surface area contributed by atoms with Gasteiger partial charge in [-0.1, -0.05) is 23.7 Å². The lowest BCUT2D eigenvalue weighted by molar-refractivity contribution is -0.0464. The lowest BCUT2D eigenvalue weighted by atomic mass is 9.96. The summed E-state index contributed by atoms with van der Waals surface area (Å²) in [5.41, 5.74) is -0.993. The second kappa shape index (κ2) is 9.44. The van der Waals surface area contributed by atoms with Crippen molar-refractivity contribution in [3.05, 3.63) is 64.7 Å². The number of aliphatic hydroxyl groups is 2. The Balaban J connectivity index is 1.53. The first-order valence-corrected chi connectivity index (χ1v) is 9.69. The molecule has 1 heterocycles. The molecule has 3 rings (SSSR count). The first kappa shape index (κ1) is 22.0. The number of halogens is 1. The van der Waals surface area contributed by atoms with Crippen LogP contribution >= 0.6 is 11.6 Å². The fraction of sp³-hybridized carbons (Fsp3) is 0.333. The van der Waals surface area contributed by atoms with Gasteiger partial charge in [0.05, 0.1) is 30.8 Å². The molecule has 30 heavy (non-hydrogen) atoms. The molecule has 0 saturated carbocycles. The number of ether oxygens (including phenoxy) is 2. The molecule has 0 bridgehead atoms. The molecule has 9 heteroatoms. The maximum atomic E-state index is 12.3. The van der Waals surface area contributed by atoms with E-state index in [4.69, 9.17) is 21.1 Å². The van der Waals surface area contributed by atoms with Gasteiger partial charge in [-0.15, -0.1) is 0 Å². The molecule has 0 aliphatic carbocycles. The fourth-order valence-corrected chi connectivity index (χ4v) is 3.33. The van der Waals surface area contributed by atoms with Crippen LogP contribution in [0.15, 0.2) is 48.5 Å². The Kier molecular flexibility index (Phi) is 6.94. The van der Waals surface area contributed by atoms with Crippen molar-refractivity contribution < 1.29 is 29.3 Å². The van der Waals surface area contributed by atoms with E-state index in [1.807, 2.05) is 0 Å². The first-order chi connectivity index (χ1) is 14.3.